The number of piperazine rings is 1. The molecule has 1 aromatic rings. The van der Waals surface area contributed by atoms with Gasteiger partial charge in [0.15, 0.2) is 0 Å². The van der Waals surface area contributed by atoms with Gasteiger partial charge in [-0.2, -0.15) is 0 Å². The van der Waals surface area contributed by atoms with Gasteiger partial charge in [0.05, 0.1) is 7.11 Å². The maximum atomic E-state index is 11.5. The molecule has 4 nitrogen and oxygen atoms in total. The molecule has 1 aliphatic rings. The molecule has 0 radical (unpaired) electrons. The first-order chi connectivity index (χ1) is 9.22. The highest BCUT2D eigenvalue weighted by atomic mass is 35.5. The third-order valence-electron chi connectivity index (χ3n) is 3.40. The Morgan fingerprint density at radius 3 is 2.30 bits per heavy atom. The summed E-state index contributed by atoms with van der Waals surface area (Å²) >= 11 is 5.56. The molecule has 0 spiro atoms. The van der Waals surface area contributed by atoms with E-state index in [-0.39, 0.29) is 24.2 Å². The molecule has 0 saturated carbocycles. The van der Waals surface area contributed by atoms with Gasteiger partial charge in [0.25, 0.3) is 0 Å². The molecule has 0 N–H and O–H groups in total. The molecule has 112 valence electrons. The summed E-state index contributed by atoms with van der Waals surface area (Å²) in [6, 6.07) is 8.11. The van der Waals surface area contributed by atoms with Crippen LogP contribution >= 0.6 is 24.0 Å². The summed E-state index contributed by atoms with van der Waals surface area (Å²) in [6.45, 7) is 4.24. The van der Waals surface area contributed by atoms with E-state index in [0.29, 0.717) is 0 Å². The molecule has 0 bridgehead atoms. The topological polar surface area (TPSA) is 32.8 Å². The lowest BCUT2D eigenvalue weighted by atomic mass is 10.2. The van der Waals surface area contributed by atoms with Gasteiger partial charge >= 0.3 is 0 Å². The molecule has 0 aliphatic carbocycles. The van der Waals surface area contributed by atoms with Crippen molar-refractivity contribution in [2.24, 2.45) is 0 Å². The van der Waals surface area contributed by atoms with Crippen LogP contribution in [0.2, 0.25) is 0 Å². The predicted octanol–water partition coefficient (Wildman–Crippen LogP) is 2.00. The molecular weight excluding hydrogens is 299 g/mol. The van der Waals surface area contributed by atoms with Gasteiger partial charge in [0.2, 0.25) is 5.91 Å². The van der Waals surface area contributed by atoms with Crippen LogP contribution in [-0.2, 0) is 11.3 Å². The fraction of sp³-hybridized carbons (Fsp3) is 0.500. The summed E-state index contributed by atoms with van der Waals surface area (Å²) in [4.78, 5) is 15.6. The molecule has 0 atom stereocenters. The molecule has 1 heterocycles. The summed E-state index contributed by atoms with van der Waals surface area (Å²) in [6.07, 6.45) is 0. The lowest BCUT2D eigenvalue weighted by molar-refractivity contribution is -0.130. The van der Waals surface area contributed by atoms with Crippen molar-refractivity contribution in [2.75, 3.05) is 39.2 Å². The number of halogens is 2. The number of benzene rings is 1. The third-order valence-corrected chi connectivity index (χ3v) is 3.63. The molecule has 20 heavy (non-hydrogen) atoms. The van der Waals surface area contributed by atoms with Gasteiger partial charge in [-0.3, -0.25) is 9.69 Å². The molecule has 1 amide bonds. The van der Waals surface area contributed by atoms with Crippen molar-refractivity contribution >= 4 is 29.9 Å². The maximum Gasteiger partial charge on any atom is 0.237 e. The quantitative estimate of drug-likeness (QED) is 0.796. The largest absolute Gasteiger partial charge is 0.497 e. The van der Waals surface area contributed by atoms with Crippen LogP contribution in [0, 0.1) is 0 Å². The first-order valence-electron chi connectivity index (χ1n) is 6.42. The van der Waals surface area contributed by atoms with Crippen molar-refractivity contribution in [3.05, 3.63) is 29.8 Å². The molecule has 2 rings (SSSR count). The summed E-state index contributed by atoms with van der Waals surface area (Å²) in [5.41, 5.74) is 1.26. The predicted molar refractivity (Wildman–Crippen MR) is 82.8 cm³/mol. The zero-order valence-corrected chi connectivity index (χ0v) is 13.1. The molecule has 1 saturated heterocycles. The van der Waals surface area contributed by atoms with Gasteiger partial charge in [0, 0.05) is 32.7 Å². The molecule has 6 heteroatoms. The highest BCUT2D eigenvalue weighted by molar-refractivity contribution is 6.27. The number of hydrogen-bond donors (Lipinski definition) is 0. The summed E-state index contributed by atoms with van der Waals surface area (Å²) < 4.78 is 5.14. The second-order valence-electron chi connectivity index (χ2n) is 4.64. The van der Waals surface area contributed by atoms with E-state index in [9.17, 15) is 4.79 Å². The van der Waals surface area contributed by atoms with Crippen LogP contribution in [0.3, 0.4) is 0 Å². The Morgan fingerprint density at radius 2 is 1.80 bits per heavy atom. The van der Waals surface area contributed by atoms with Crippen LogP contribution in [0.5, 0.6) is 5.75 Å². The lowest BCUT2D eigenvalue weighted by Gasteiger charge is -2.34. The minimum absolute atomic E-state index is 0. The SMILES string of the molecule is COc1ccc(CN2CCN(C(=O)CCl)CC2)cc1.Cl. The lowest BCUT2D eigenvalue weighted by Crippen LogP contribution is -2.48. The van der Waals surface area contributed by atoms with E-state index < -0.39 is 0 Å². The number of hydrogen-bond acceptors (Lipinski definition) is 3. The van der Waals surface area contributed by atoms with E-state index in [2.05, 4.69) is 17.0 Å². The van der Waals surface area contributed by atoms with Crippen LogP contribution in [0.25, 0.3) is 0 Å². The van der Waals surface area contributed by atoms with E-state index >= 15 is 0 Å². The van der Waals surface area contributed by atoms with Gasteiger partial charge in [0.1, 0.15) is 11.6 Å². The van der Waals surface area contributed by atoms with Crippen molar-refractivity contribution in [3.63, 3.8) is 0 Å². The van der Waals surface area contributed by atoms with Crippen LogP contribution in [-0.4, -0.2) is 54.9 Å². The van der Waals surface area contributed by atoms with Crippen LogP contribution in [0.4, 0.5) is 0 Å². The Morgan fingerprint density at radius 1 is 1.20 bits per heavy atom. The molecule has 0 aromatic heterocycles. The highest BCUT2D eigenvalue weighted by Crippen LogP contribution is 2.14. The van der Waals surface area contributed by atoms with Crippen molar-refractivity contribution in [1.29, 1.82) is 0 Å². The Hall–Kier alpha value is -0.970. The maximum absolute atomic E-state index is 11.5. The fourth-order valence-corrected chi connectivity index (χ4v) is 2.40. The fourth-order valence-electron chi connectivity index (χ4n) is 2.23. The van der Waals surface area contributed by atoms with E-state index in [1.54, 1.807) is 7.11 Å². The highest BCUT2D eigenvalue weighted by Gasteiger charge is 2.20. The van der Waals surface area contributed by atoms with Crippen molar-refractivity contribution in [1.82, 2.24) is 9.80 Å². The zero-order chi connectivity index (χ0) is 13.7. The number of ether oxygens (including phenoxy) is 1. The van der Waals surface area contributed by atoms with Gasteiger partial charge in [-0.1, -0.05) is 12.1 Å². The Kier molecular flexibility index (Phi) is 7.13. The van der Waals surface area contributed by atoms with Crippen LogP contribution < -0.4 is 4.74 Å². The average molecular weight is 319 g/mol. The van der Waals surface area contributed by atoms with E-state index in [0.717, 1.165) is 38.5 Å². The number of carbonyl (C=O) groups is 1. The number of amides is 1. The second-order valence-corrected chi connectivity index (χ2v) is 4.91. The second kappa shape index (κ2) is 8.35. The Labute approximate surface area is 131 Å². The van der Waals surface area contributed by atoms with E-state index in [1.165, 1.54) is 5.56 Å². The zero-order valence-electron chi connectivity index (χ0n) is 11.5. The number of nitrogens with zero attached hydrogens (tertiary/aromatic N) is 2. The Balaban J connectivity index is 0.00000200. The molecular formula is C14H20Cl2N2O2. The first-order valence-corrected chi connectivity index (χ1v) is 6.95. The average Bonchev–Trinajstić information content (AvgIpc) is 2.48. The van der Waals surface area contributed by atoms with E-state index in [1.807, 2.05) is 17.0 Å². The van der Waals surface area contributed by atoms with Crippen molar-refractivity contribution < 1.29 is 9.53 Å². The summed E-state index contributed by atoms with van der Waals surface area (Å²) in [5, 5.41) is 0. The Bertz CT molecular complexity index is 418. The smallest absolute Gasteiger partial charge is 0.237 e. The third kappa shape index (κ3) is 4.54. The van der Waals surface area contributed by atoms with Gasteiger partial charge < -0.3 is 9.64 Å². The normalized spacial score (nSPS) is 15.6. The van der Waals surface area contributed by atoms with Crippen molar-refractivity contribution in [2.45, 2.75) is 6.54 Å². The molecule has 1 aliphatic heterocycles. The molecule has 1 fully saturated rings. The van der Waals surface area contributed by atoms with E-state index in [4.69, 9.17) is 16.3 Å². The molecule has 0 unspecified atom stereocenters. The monoisotopic (exact) mass is 318 g/mol. The van der Waals surface area contributed by atoms with Crippen LogP contribution in [0.15, 0.2) is 24.3 Å². The van der Waals surface area contributed by atoms with Gasteiger partial charge in [-0.25, -0.2) is 0 Å². The minimum Gasteiger partial charge on any atom is -0.497 e. The number of carbonyl (C=O) groups excluding carboxylic acids is 1. The van der Waals surface area contributed by atoms with Gasteiger partial charge in [-0.15, -0.1) is 24.0 Å². The summed E-state index contributed by atoms with van der Waals surface area (Å²) in [7, 11) is 1.67. The van der Waals surface area contributed by atoms with Crippen LogP contribution in [0.1, 0.15) is 5.56 Å². The first kappa shape index (κ1) is 17.1. The number of methoxy groups -OCH3 is 1. The minimum atomic E-state index is 0. The van der Waals surface area contributed by atoms with Gasteiger partial charge in [-0.05, 0) is 17.7 Å². The number of rotatable bonds is 4. The van der Waals surface area contributed by atoms with Crippen molar-refractivity contribution in [3.8, 4) is 5.75 Å². The summed E-state index contributed by atoms with van der Waals surface area (Å²) in [5.74, 6) is 0.991. The standard InChI is InChI=1S/C14H19ClN2O2.ClH/c1-19-13-4-2-12(3-5-13)11-16-6-8-17(9-7-16)14(18)10-15;/h2-5H,6-11H2,1H3;1H. The number of alkyl halides is 1. The molecule has 1 aromatic carbocycles.